The molecule has 6 rings (SSSR count). The molecule has 0 radical (unpaired) electrons. The zero-order chi connectivity index (χ0) is 15.8. The molecule has 5 aliphatic carbocycles. The highest BCUT2D eigenvalue weighted by molar-refractivity contribution is 6.05. The van der Waals surface area contributed by atoms with E-state index in [0.717, 1.165) is 37.1 Å². The third-order valence-corrected chi connectivity index (χ3v) is 7.57. The van der Waals surface area contributed by atoms with Gasteiger partial charge < -0.3 is 0 Å². The largest absolute Gasteiger partial charge is 0.282 e. The molecule has 0 aromatic rings. The first-order valence-corrected chi connectivity index (χ1v) is 9.54. The van der Waals surface area contributed by atoms with Gasteiger partial charge in [-0.05, 0) is 81.5 Å². The summed E-state index contributed by atoms with van der Waals surface area (Å²) < 4.78 is 0. The SMILES string of the molecule is CC1=CC[C@H]2C(=O)N(CC34CC5CC(CC(C5)C3)C4)C(=O)[C@H]2C1. The number of imide groups is 1. The summed E-state index contributed by atoms with van der Waals surface area (Å²) >= 11 is 0. The molecule has 3 nitrogen and oxygen atoms in total. The van der Waals surface area contributed by atoms with E-state index >= 15 is 0 Å². The molecule has 1 saturated heterocycles. The highest BCUT2D eigenvalue weighted by Crippen LogP contribution is 2.60. The molecule has 2 atom stereocenters. The second kappa shape index (κ2) is 4.70. The quantitative estimate of drug-likeness (QED) is 0.577. The summed E-state index contributed by atoms with van der Waals surface area (Å²) in [4.78, 5) is 27.5. The molecule has 4 bridgehead atoms. The van der Waals surface area contributed by atoms with E-state index in [1.54, 1.807) is 4.90 Å². The Morgan fingerprint density at radius 3 is 2.17 bits per heavy atom. The molecule has 0 spiro atoms. The molecule has 6 aliphatic rings. The number of fused-ring (bicyclic) bond motifs is 1. The average molecular weight is 313 g/mol. The van der Waals surface area contributed by atoms with Crippen molar-refractivity contribution in [2.45, 2.75) is 58.3 Å². The van der Waals surface area contributed by atoms with E-state index in [1.165, 1.54) is 44.1 Å². The first kappa shape index (κ1) is 14.2. The van der Waals surface area contributed by atoms with Crippen molar-refractivity contribution in [3.05, 3.63) is 11.6 Å². The predicted octanol–water partition coefficient (Wildman–Crippen LogP) is 3.54. The molecule has 1 heterocycles. The van der Waals surface area contributed by atoms with Crippen LogP contribution >= 0.6 is 0 Å². The van der Waals surface area contributed by atoms with Gasteiger partial charge in [-0.15, -0.1) is 0 Å². The minimum atomic E-state index is -0.0555. The van der Waals surface area contributed by atoms with E-state index in [0.29, 0.717) is 0 Å². The van der Waals surface area contributed by atoms with Crippen LogP contribution in [-0.4, -0.2) is 23.3 Å². The Morgan fingerprint density at radius 2 is 1.57 bits per heavy atom. The van der Waals surface area contributed by atoms with Crippen LogP contribution in [0.2, 0.25) is 0 Å². The van der Waals surface area contributed by atoms with Gasteiger partial charge in [-0.2, -0.15) is 0 Å². The van der Waals surface area contributed by atoms with E-state index in [9.17, 15) is 9.59 Å². The molecule has 5 fully saturated rings. The molecular formula is C20H27NO2. The van der Waals surface area contributed by atoms with Crippen LogP contribution in [0, 0.1) is 35.0 Å². The normalized spacial score (nSPS) is 48.0. The van der Waals surface area contributed by atoms with Gasteiger partial charge in [0, 0.05) is 6.54 Å². The Labute approximate surface area is 138 Å². The van der Waals surface area contributed by atoms with Crippen molar-refractivity contribution in [1.82, 2.24) is 4.90 Å². The van der Waals surface area contributed by atoms with Crippen LogP contribution in [0.3, 0.4) is 0 Å². The highest BCUT2D eigenvalue weighted by Gasteiger charge is 2.55. The van der Waals surface area contributed by atoms with Crippen molar-refractivity contribution >= 4 is 11.8 Å². The molecule has 0 aromatic carbocycles. The maximum Gasteiger partial charge on any atom is 0.233 e. The van der Waals surface area contributed by atoms with Crippen LogP contribution < -0.4 is 0 Å². The van der Waals surface area contributed by atoms with Crippen LogP contribution in [0.5, 0.6) is 0 Å². The number of rotatable bonds is 2. The summed E-state index contributed by atoms with van der Waals surface area (Å²) in [6.07, 6.45) is 11.8. The fraction of sp³-hybridized carbons (Fsp3) is 0.800. The second-order valence-electron chi connectivity index (χ2n) is 9.38. The van der Waals surface area contributed by atoms with Gasteiger partial charge in [-0.3, -0.25) is 14.5 Å². The average Bonchev–Trinajstić information content (AvgIpc) is 2.70. The van der Waals surface area contributed by atoms with Crippen LogP contribution in [0.15, 0.2) is 11.6 Å². The van der Waals surface area contributed by atoms with Crippen molar-refractivity contribution in [3.8, 4) is 0 Å². The zero-order valence-corrected chi connectivity index (χ0v) is 14.1. The third kappa shape index (κ3) is 2.08. The van der Waals surface area contributed by atoms with Crippen LogP contribution in [0.25, 0.3) is 0 Å². The summed E-state index contributed by atoms with van der Waals surface area (Å²) in [6, 6.07) is 0. The Kier molecular flexibility index (Phi) is 2.91. The molecule has 0 N–H and O–H groups in total. The van der Waals surface area contributed by atoms with Crippen LogP contribution in [-0.2, 0) is 9.59 Å². The van der Waals surface area contributed by atoms with Crippen molar-refractivity contribution in [2.75, 3.05) is 6.54 Å². The Morgan fingerprint density at radius 1 is 1.00 bits per heavy atom. The molecular weight excluding hydrogens is 286 g/mol. The van der Waals surface area contributed by atoms with Crippen molar-refractivity contribution < 1.29 is 9.59 Å². The number of hydrogen-bond donors (Lipinski definition) is 0. The number of allylic oxidation sites excluding steroid dienone is 2. The second-order valence-corrected chi connectivity index (χ2v) is 9.38. The van der Waals surface area contributed by atoms with E-state index in [1.807, 2.05) is 0 Å². The van der Waals surface area contributed by atoms with Crippen molar-refractivity contribution in [3.63, 3.8) is 0 Å². The van der Waals surface area contributed by atoms with Gasteiger partial charge in [0.2, 0.25) is 11.8 Å². The number of likely N-dealkylation sites (tertiary alicyclic amines) is 1. The Hall–Kier alpha value is -1.12. The molecule has 0 unspecified atom stereocenters. The smallest absolute Gasteiger partial charge is 0.233 e. The monoisotopic (exact) mass is 313 g/mol. The fourth-order valence-corrected chi connectivity index (χ4v) is 7.08. The molecule has 4 saturated carbocycles. The number of carbonyl (C=O) groups is 2. The minimum absolute atomic E-state index is 0.0542. The number of amides is 2. The summed E-state index contributed by atoms with van der Waals surface area (Å²) in [7, 11) is 0. The van der Waals surface area contributed by atoms with Crippen molar-refractivity contribution in [2.24, 2.45) is 35.0 Å². The van der Waals surface area contributed by atoms with Gasteiger partial charge in [0.25, 0.3) is 0 Å². The molecule has 0 aromatic heterocycles. The van der Waals surface area contributed by atoms with E-state index in [2.05, 4.69) is 13.0 Å². The van der Waals surface area contributed by atoms with Gasteiger partial charge in [0.05, 0.1) is 11.8 Å². The standard InChI is InChI=1S/C20H27NO2/c1-12-2-3-16-17(4-12)19(23)21(18(16)22)11-20-8-13-5-14(9-20)7-15(6-13)10-20/h2,13-17H,3-11H2,1H3/t13?,14?,15?,16-,17+,20?/m1/s1. The maximum absolute atomic E-state index is 12.9. The minimum Gasteiger partial charge on any atom is -0.282 e. The number of nitrogens with zero attached hydrogens (tertiary/aromatic N) is 1. The Balaban J connectivity index is 1.39. The molecule has 23 heavy (non-hydrogen) atoms. The van der Waals surface area contributed by atoms with Gasteiger partial charge in [-0.25, -0.2) is 0 Å². The first-order chi connectivity index (χ1) is 11.0. The van der Waals surface area contributed by atoms with Crippen molar-refractivity contribution in [1.29, 1.82) is 0 Å². The van der Waals surface area contributed by atoms with Crippen LogP contribution in [0.1, 0.15) is 58.3 Å². The fourth-order valence-electron chi connectivity index (χ4n) is 7.08. The number of hydrogen-bond acceptors (Lipinski definition) is 2. The van der Waals surface area contributed by atoms with Gasteiger partial charge >= 0.3 is 0 Å². The maximum atomic E-state index is 12.9. The van der Waals surface area contributed by atoms with Crippen LogP contribution in [0.4, 0.5) is 0 Å². The van der Waals surface area contributed by atoms with E-state index in [4.69, 9.17) is 0 Å². The highest BCUT2D eigenvalue weighted by atomic mass is 16.2. The first-order valence-electron chi connectivity index (χ1n) is 9.54. The molecule has 1 aliphatic heterocycles. The summed E-state index contributed by atoms with van der Waals surface area (Å²) in [5, 5.41) is 0. The lowest BCUT2D eigenvalue weighted by Gasteiger charge is -2.57. The van der Waals surface area contributed by atoms with Gasteiger partial charge in [-0.1, -0.05) is 11.6 Å². The summed E-state index contributed by atoms with van der Waals surface area (Å²) in [6.45, 7) is 2.83. The lowest BCUT2D eigenvalue weighted by Crippen LogP contribution is -2.52. The summed E-state index contributed by atoms with van der Waals surface area (Å²) in [5.41, 5.74) is 1.56. The number of carbonyl (C=O) groups excluding carboxylic acids is 2. The third-order valence-electron chi connectivity index (χ3n) is 7.57. The molecule has 2 amide bonds. The predicted molar refractivity (Wildman–Crippen MR) is 87.3 cm³/mol. The Bertz CT molecular complexity index is 569. The van der Waals surface area contributed by atoms with Gasteiger partial charge in [0.15, 0.2) is 0 Å². The topological polar surface area (TPSA) is 37.4 Å². The zero-order valence-electron chi connectivity index (χ0n) is 14.1. The lowest BCUT2D eigenvalue weighted by atomic mass is 9.49. The van der Waals surface area contributed by atoms with Gasteiger partial charge in [0.1, 0.15) is 0 Å². The van der Waals surface area contributed by atoms with E-state index < -0.39 is 0 Å². The summed E-state index contributed by atoms with van der Waals surface area (Å²) in [5.74, 6) is 2.80. The lowest BCUT2D eigenvalue weighted by molar-refractivity contribution is -0.146. The molecule has 3 heteroatoms. The molecule has 124 valence electrons. The van der Waals surface area contributed by atoms with E-state index in [-0.39, 0.29) is 29.1 Å².